The molecule has 8 heteroatoms. The van der Waals surface area contributed by atoms with E-state index in [1.807, 2.05) is 4.98 Å². The Morgan fingerprint density at radius 2 is 1.40 bits per heavy atom. The van der Waals surface area contributed by atoms with Crippen LogP contribution in [0.2, 0.25) is 0 Å². The van der Waals surface area contributed by atoms with E-state index in [1.165, 1.54) is 0 Å². The molecule has 0 aliphatic carbocycles. The Morgan fingerprint density at radius 3 is 1.80 bits per heavy atom. The monoisotopic (exact) mass is 247 g/mol. The fourth-order valence-corrected chi connectivity index (χ4v) is 1.12. The fraction of sp³-hybridized carbons (Fsp3) is 0.286. The largest absolute Gasteiger partial charge is 0.418 e. The summed E-state index contributed by atoms with van der Waals surface area (Å²) >= 11 is 4.33. The lowest BCUT2D eigenvalue weighted by molar-refractivity contribution is -0.162. The predicted molar refractivity (Wildman–Crippen MR) is 41.6 cm³/mol. The Morgan fingerprint density at radius 1 is 0.933 bits per heavy atom. The molecule has 1 aromatic rings. The van der Waals surface area contributed by atoms with Crippen LogP contribution in [-0.2, 0) is 12.4 Å². The van der Waals surface area contributed by atoms with Crippen LogP contribution in [0.5, 0.6) is 0 Å². The molecule has 0 fully saturated rings. The summed E-state index contributed by atoms with van der Waals surface area (Å²) in [5.74, 6) is 0. The molecular formula is C7H3F6NS. The Kier molecular flexibility index (Phi) is 2.81. The Hall–Kier alpha value is -1.05. The van der Waals surface area contributed by atoms with Crippen LogP contribution in [0.1, 0.15) is 11.1 Å². The van der Waals surface area contributed by atoms with Crippen LogP contribution in [0.25, 0.3) is 0 Å². The molecule has 0 saturated heterocycles. The van der Waals surface area contributed by atoms with Crippen LogP contribution in [0.3, 0.4) is 0 Å². The first-order chi connectivity index (χ1) is 6.62. The van der Waals surface area contributed by atoms with Gasteiger partial charge in [-0.1, -0.05) is 12.2 Å². The van der Waals surface area contributed by atoms with Crippen molar-refractivity contribution in [2.75, 3.05) is 0 Å². The highest BCUT2D eigenvalue weighted by molar-refractivity contribution is 7.71. The van der Waals surface area contributed by atoms with E-state index in [4.69, 9.17) is 0 Å². The third-order valence-electron chi connectivity index (χ3n) is 1.54. The molecule has 84 valence electrons. The number of alkyl halides is 6. The van der Waals surface area contributed by atoms with Crippen LogP contribution in [-0.4, -0.2) is 4.98 Å². The van der Waals surface area contributed by atoms with E-state index in [0.29, 0.717) is 0 Å². The molecule has 0 saturated carbocycles. The number of nitrogens with one attached hydrogen (secondary N) is 1. The van der Waals surface area contributed by atoms with E-state index >= 15 is 0 Å². The molecule has 1 N–H and O–H groups in total. The zero-order valence-corrected chi connectivity index (χ0v) is 7.65. The van der Waals surface area contributed by atoms with Gasteiger partial charge in [-0.05, 0) is 6.07 Å². The lowest BCUT2D eigenvalue weighted by Gasteiger charge is -2.14. The summed E-state index contributed by atoms with van der Waals surface area (Å²) in [5.41, 5.74) is -3.55. The third-order valence-corrected chi connectivity index (χ3v) is 1.77. The van der Waals surface area contributed by atoms with Crippen LogP contribution in [0, 0.1) is 4.64 Å². The highest BCUT2D eigenvalue weighted by Crippen LogP contribution is 2.39. The fourth-order valence-electron chi connectivity index (χ4n) is 0.941. The standard InChI is InChI=1S/C7H3F6NS/c8-6(9,10)3-1-5(15)14-2-4(3)7(11,12)13/h1-2H,(H,14,15). The summed E-state index contributed by atoms with van der Waals surface area (Å²) in [6.07, 6.45) is -9.93. The van der Waals surface area contributed by atoms with Crippen LogP contribution in [0.4, 0.5) is 26.3 Å². The minimum Gasteiger partial charge on any atom is -0.352 e. The first kappa shape index (κ1) is 12.0. The van der Waals surface area contributed by atoms with Gasteiger partial charge in [0, 0.05) is 6.20 Å². The SMILES string of the molecule is FC(F)(F)c1c[nH]c(=S)cc1C(F)(F)F. The van der Waals surface area contributed by atoms with E-state index in [2.05, 4.69) is 12.2 Å². The quantitative estimate of drug-likeness (QED) is 0.545. The van der Waals surface area contributed by atoms with Crippen LogP contribution >= 0.6 is 12.2 Å². The highest BCUT2D eigenvalue weighted by Gasteiger charge is 2.43. The van der Waals surface area contributed by atoms with Gasteiger partial charge in [-0.3, -0.25) is 0 Å². The predicted octanol–water partition coefficient (Wildman–Crippen LogP) is 3.78. The number of aromatic amines is 1. The molecule has 0 aliphatic heterocycles. The smallest absolute Gasteiger partial charge is 0.352 e. The third kappa shape index (κ3) is 2.71. The summed E-state index contributed by atoms with van der Waals surface area (Å²) in [7, 11) is 0. The Balaban J connectivity index is 3.48. The van der Waals surface area contributed by atoms with Crippen molar-refractivity contribution in [2.45, 2.75) is 12.4 Å². The summed E-state index contributed by atoms with van der Waals surface area (Å²) in [4.78, 5) is 1.91. The van der Waals surface area contributed by atoms with Crippen molar-refractivity contribution < 1.29 is 26.3 Å². The number of pyridine rings is 1. The molecule has 0 atom stereocenters. The number of hydrogen-bond donors (Lipinski definition) is 1. The lowest BCUT2D eigenvalue weighted by atomic mass is 10.1. The molecule has 0 unspecified atom stereocenters. The molecule has 0 aromatic carbocycles. The molecule has 1 heterocycles. The van der Waals surface area contributed by atoms with Gasteiger partial charge >= 0.3 is 12.4 Å². The van der Waals surface area contributed by atoms with Crippen molar-refractivity contribution in [3.8, 4) is 0 Å². The van der Waals surface area contributed by atoms with E-state index in [9.17, 15) is 26.3 Å². The number of rotatable bonds is 0. The molecule has 0 radical (unpaired) electrons. The van der Waals surface area contributed by atoms with Gasteiger partial charge in [0.25, 0.3) is 0 Å². The average Bonchev–Trinajstić information content (AvgIpc) is 2.00. The number of hydrogen-bond acceptors (Lipinski definition) is 1. The van der Waals surface area contributed by atoms with Crippen LogP contribution in [0.15, 0.2) is 12.3 Å². The summed E-state index contributed by atoms with van der Waals surface area (Å²) < 4.78 is 72.7. The van der Waals surface area contributed by atoms with Crippen molar-refractivity contribution >= 4 is 12.2 Å². The van der Waals surface area contributed by atoms with Crippen LogP contribution < -0.4 is 0 Å². The molecule has 0 bridgehead atoms. The van der Waals surface area contributed by atoms with Gasteiger partial charge in [0.05, 0.1) is 11.1 Å². The second kappa shape index (κ2) is 3.51. The zero-order valence-electron chi connectivity index (χ0n) is 6.83. The maximum Gasteiger partial charge on any atom is 0.418 e. The topological polar surface area (TPSA) is 15.8 Å². The Labute approximate surface area is 84.7 Å². The van der Waals surface area contributed by atoms with E-state index in [0.717, 1.165) is 0 Å². The molecule has 1 rings (SSSR count). The van der Waals surface area contributed by atoms with E-state index in [1.54, 1.807) is 0 Å². The molecule has 0 aliphatic rings. The van der Waals surface area contributed by atoms with E-state index in [-0.39, 0.29) is 12.3 Å². The average molecular weight is 247 g/mol. The second-order valence-corrected chi connectivity index (χ2v) is 3.06. The zero-order chi connectivity index (χ0) is 11.9. The molecule has 15 heavy (non-hydrogen) atoms. The highest BCUT2D eigenvalue weighted by atomic mass is 32.1. The van der Waals surface area contributed by atoms with Crippen molar-refractivity contribution in [1.82, 2.24) is 4.98 Å². The van der Waals surface area contributed by atoms with Gasteiger partial charge in [-0.15, -0.1) is 0 Å². The van der Waals surface area contributed by atoms with Gasteiger partial charge in [0.2, 0.25) is 0 Å². The van der Waals surface area contributed by atoms with Crippen molar-refractivity contribution in [1.29, 1.82) is 0 Å². The molecule has 1 aromatic heterocycles. The summed E-state index contributed by atoms with van der Waals surface area (Å²) in [6, 6.07) is 0.248. The summed E-state index contributed by atoms with van der Waals surface area (Å²) in [6.45, 7) is 0. The first-order valence-corrected chi connectivity index (χ1v) is 3.90. The van der Waals surface area contributed by atoms with E-state index < -0.39 is 28.1 Å². The number of halogens is 6. The Bertz CT molecular complexity index is 415. The normalized spacial score (nSPS) is 12.9. The van der Waals surface area contributed by atoms with Gasteiger partial charge < -0.3 is 4.98 Å². The first-order valence-electron chi connectivity index (χ1n) is 3.49. The van der Waals surface area contributed by atoms with Gasteiger partial charge in [0.15, 0.2) is 0 Å². The molecular weight excluding hydrogens is 244 g/mol. The maximum atomic E-state index is 12.2. The molecule has 0 spiro atoms. The second-order valence-electron chi connectivity index (χ2n) is 2.62. The number of aromatic nitrogens is 1. The minimum absolute atomic E-state index is 0.213. The maximum absolute atomic E-state index is 12.2. The lowest BCUT2D eigenvalue weighted by Crippen LogP contribution is -2.16. The van der Waals surface area contributed by atoms with Gasteiger partial charge in [-0.2, -0.15) is 26.3 Å². The molecule has 0 amide bonds. The summed E-state index contributed by atoms with van der Waals surface area (Å²) in [5, 5.41) is 0. The molecule has 1 nitrogen and oxygen atoms in total. The minimum atomic E-state index is -5.08. The van der Waals surface area contributed by atoms with Crippen molar-refractivity contribution in [3.05, 3.63) is 28.0 Å². The van der Waals surface area contributed by atoms with Crippen molar-refractivity contribution in [3.63, 3.8) is 0 Å². The van der Waals surface area contributed by atoms with Crippen molar-refractivity contribution in [2.24, 2.45) is 0 Å². The number of H-pyrrole nitrogens is 1. The van der Waals surface area contributed by atoms with Gasteiger partial charge in [0.1, 0.15) is 4.64 Å². The van der Waals surface area contributed by atoms with Gasteiger partial charge in [-0.25, -0.2) is 0 Å².